The van der Waals surface area contributed by atoms with Crippen molar-refractivity contribution in [3.8, 4) is 11.3 Å². The van der Waals surface area contributed by atoms with Crippen molar-refractivity contribution in [2.24, 2.45) is 0 Å². The van der Waals surface area contributed by atoms with E-state index in [0.29, 0.717) is 5.56 Å². The Kier molecular flexibility index (Phi) is 4.92. The Bertz CT molecular complexity index is 696. The van der Waals surface area contributed by atoms with Gasteiger partial charge in [-0.15, -0.1) is 11.3 Å². The number of carbonyl (C=O) groups excluding carboxylic acids is 2. The third kappa shape index (κ3) is 3.33. The van der Waals surface area contributed by atoms with Crippen molar-refractivity contribution in [1.29, 1.82) is 0 Å². The molecule has 22 heavy (non-hydrogen) atoms. The molecule has 2 aromatic rings. The zero-order chi connectivity index (χ0) is 16.3. The molecule has 1 amide bonds. The zero-order valence-corrected chi connectivity index (χ0v) is 13.8. The van der Waals surface area contributed by atoms with Crippen LogP contribution in [0.3, 0.4) is 0 Å². The van der Waals surface area contributed by atoms with Crippen LogP contribution in [-0.4, -0.2) is 42.0 Å². The number of aromatic nitrogens is 1. The molecular weight excluding hydrogens is 300 g/mol. The Labute approximate surface area is 133 Å². The molecule has 0 saturated heterocycles. The van der Waals surface area contributed by atoms with Gasteiger partial charge in [0, 0.05) is 23.6 Å². The monoisotopic (exact) mass is 318 g/mol. The molecule has 0 aliphatic carbocycles. The Hall–Kier alpha value is -2.21. The van der Waals surface area contributed by atoms with E-state index in [4.69, 9.17) is 0 Å². The SMILES string of the molecule is COC(=O)C(C)N(C)C(=O)c1cccc(-c2csc(C)n2)c1. The molecule has 5 nitrogen and oxygen atoms in total. The quantitative estimate of drug-likeness (QED) is 0.813. The van der Waals surface area contributed by atoms with Gasteiger partial charge in [-0.3, -0.25) is 4.79 Å². The summed E-state index contributed by atoms with van der Waals surface area (Å²) in [6.07, 6.45) is 0. The minimum absolute atomic E-state index is 0.230. The molecule has 0 bridgehead atoms. The lowest BCUT2D eigenvalue weighted by Crippen LogP contribution is -2.40. The van der Waals surface area contributed by atoms with Gasteiger partial charge in [-0.05, 0) is 26.0 Å². The summed E-state index contributed by atoms with van der Waals surface area (Å²) in [4.78, 5) is 29.8. The summed E-state index contributed by atoms with van der Waals surface area (Å²) in [5.74, 6) is -0.672. The van der Waals surface area contributed by atoms with Gasteiger partial charge < -0.3 is 9.64 Å². The summed E-state index contributed by atoms with van der Waals surface area (Å²) >= 11 is 1.56. The van der Waals surface area contributed by atoms with Crippen LogP contribution in [0.25, 0.3) is 11.3 Å². The second-order valence-corrected chi connectivity index (χ2v) is 6.01. The van der Waals surface area contributed by atoms with Gasteiger partial charge in [-0.25, -0.2) is 9.78 Å². The minimum Gasteiger partial charge on any atom is -0.467 e. The van der Waals surface area contributed by atoms with Crippen LogP contribution in [0.4, 0.5) is 0 Å². The molecule has 2 rings (SSSR count). The molecule has 0 N–H and O–H groups in total. The van der Waals surface area contributed by atoms with Gasteiger partial charge in [0.15, 0.2) is 0 Å². The molecule has 1 aromatic carbocycles. The van der Waals surface area contributed by atoms with Crippen molar-refractivity contribution < 1.29 is 14.3 Å². The highest BCUT2D eigenvalue weighted by molar-refractivity contribution is 7.09. The minimum atomic E-state index is -0.636. The molecule has 1 heterocycles. The molecule has 0 fully saturated rings. The van der Waals surface area contributed by atoms with Crippen LogP contribution in [-0.2, 0) is 9.53 Å². The second-order valence-electron chi connectivity index (χ2n) is 4.95. The number of thiazole rings is 1. The fourth-order valence-corrected chi connectivity index (χ4v) is 2.64. The summed E-state index contributed by atoms with van der Waals surface area (Å²) in [6, 6.07) is 6.61. The van der Waals surface area contributed by atoms with E-state index in [-0.39, 0.29) is 5.91 Å². The number of nitrogens with zero attached hydrogens (tertiary/aromatic N) is 2. The molecule has 6 heteroatoms. The maximum atomic E-state index is 12.5. The van der Waals surface area contributed by atoms with Gasteiger partial charge in [-0.2, -0.15) is 0 Å². The van der Waals surface area contributed by atoms with Crippen LogP contribution in [0, 0.1) is 6.92 Å². The maximum absolute atomic E-state index is 12.5. The van der Waals surface area contributed by atoms with Crippen LogP contribution in [0.2, 0.25) is 0 Å². The first kappa shape index (κ1) is 16.2. The molecule has 116 valence electrons. The van der Waals surface area contributed by atoms with Crippen molar-refractivity contribution in [2.45, 2.75) is 19.9 Å². The normalized spacial score (nSPS) is 11.8. The Morgan fingerprint density at radius 1 is 1.36 bits per heavy atom. The lowest BCUT2D eigenvalue weighted by Gasteiger charge is -2.23. The average molecular weight is 318 g/mol. The van der Waals surface area contributed by atoms with Crippen molar-refractivity contribution >= 4 is 23.2 Å². The highest BCUT2D eigenvalue weighted by atomic mass is 32.1. The van der Waals surface area contributed by atoms with Crippen molar-refractivity contribution in [2.75, 3.05) is 14.2 Å². The van der Waals surface area contributed by atoms with E-state index >= 15 is 0 Å². The molecule has 1 aromatic heterocycles. The van der Waals surface area contributed by atoms with Crippen molar-refractivity contribution in [3.63, 3.8) is 0 Å². The number of rotatable bonds is 4. The number of aryl methyl sites for hydroxylation is 1. The van der Waals surface area contributed by atoms with Crippen LogP contribution in [0.15, 0.2) is 29.6 Å². The largest absolute Gasteiger partial charge is 0.467 e. The van der Waals surface area contributed by atoms with E-state index in [1.807, 2.05) is 24.4 Å². The molecule has 0 aliphatic rings. The van der Waals surface area contributed by atoms with Crippen LogP contribution in [0.5, 0.6) is 0 Å². The third-order valence-electron chi connectivity index (χ3n) is 3.47. The second kappa shape index (κ2) is 6.70. The van der Waals surface area contributed by atoms with E-state index in [2.05, 4.69) is 9.72 Å². The zero-order valence-electron chi connectivity index (χ0n) is 13.0. The van der Waals surface area contributed by atoms with Gasteiger partial charge in [0.25, 0.3) is 5.91 Å². The van der Waals surface area contributed by atoms with E-state index in [0.717, 1.165) is 16.3 Å². The first-order valence-electron chi connectivity index (χ1n) is 6.81. The van der Waals surface area contributed by atoms with Gasteiger partial charge >= 0.3 is 5.97 Å². The summed E-state index contributed by atoms with van der Waals surface area (Å²) < 4.78 is 4.67. The lowest BCUT2D eigenvalue weighted by atomic mass is 10.1. The number of ether oxygens (including phenoxy) is 1. The Morgan fingerprint density at radius 2 is 2.09 bits per heavy atom. The molecular formula is C16H18N2O3S. The number of benzene rings is 1. The Morgan fingerprint density at radius 3 is 2.68 bits per heavy atom. The van der Waals surface area contributed by atoms with Crippen LogP contribution >= 0.6 is 11.3 Å². The fourth-order valence-electron chi connectivity index (χ4n) is 2.02. The van der Waals surface area contributed by atoms with Gasteiger partial charge in [0.1, 0.15) is 6.04 Å². The van der Waals surface area contributed by atoms with E-state index in [9.17, 15) is 9.59 Å². The highest BCUT2D eigenvalue weighted by Gasteiger charge is 2.24. The number of hydrogen-bond acceptors (Lipinski definition) is 5. The first-order valence-corrected chi connectivity index (χ1v) is 7.69. The topological polar surface area (TPSA) is 59.5 Å². The molecule has 0 spiro atoms. The van der Waals surface area contributed by atoms with Crippen molar-refractivity contribution in [3.05, 3.63) is 40.2 Å². The van der Waals surface area contributed by atoms with Crippen molar-refractivity contribution in [1.82, 2.24) is 9.88 Å². The highest BCUT2D eigenvalue weighted by Crippen LogP contribution is 2.23. The summed E-state index contributed by atoms with van der Waals surface area (Å²) in [5, 5.41) is 2.93. The molecule has 1 unspecified atom stereocenters. The number of amides is 1. The molecule has 0 saturated carbocycles. The summed E-state index contributed by atoms with van der Waals surface area (Å²) in [6.45, 7) is 3.58. The number of hydrogen-bond donors (Lipinski definition) is 0. The van der Waals surface area contributed by atoms with E-state index in [1.54, 1.807) is 37.4 Å². The Balaban J connectivity index is 2.25. The number of methoxy groups -OCH3 is 1. The maximum Gasteiger partial charge on any atom is 0.328 e. The number of carbonyl (C=O) groups is 2. The molecule has 0 radical (unpaired) electrons. The number of likely N-dealkylation sites (N-methyl/N-ethyl adjacent to an activating group) is 1. The van der Waals surface area contributed by atoms with E-state index in [1.165, 1.54) is 12.0 Å². The summed E-state index contributed by atoms with van der Waals surface area (Å²) in [5.41, 5.74) is 2.25. The third-order valence-corrected chi connectivity index (χ3v) is 4.24. The molecule has 0 aliphatic heterocycles. The fraction of sp³-hybridized carbons (Fsp3) is 0.312. The predicted octanol–water partition coefficient (Wildman–Crippen LogP) is 2.75. The molecule has 1 atom stereocenters. The van der Waals surface area contributed by atoms with Crippen LogP contribution in [0.1, 0.15) is 22.3 Å². The average Bonchev–Trinajstić information content (AvgIpc) is 2.98. The first-order chi connectivity index (χ1) is 10.4. The number of esters is 1. The summed E-state index contributed by atoms with van der Waals surface area (Å²) in [7, 11) is 2.89. The predicted molar refractivity (Wildman–Crippen MR) is 85.9 cm³/mol. The smallest absolute Gasteiger partial charge is 0.328 e. The van der Waals surface area contributed by atoms with Gasteiger partial charge in [0.2, 0.25) is 0 Å². The van der Waals surface area contributed by atoms with E-state index < -0.39 is 12.0 Å². The van der Waals surface area contributed by atoms with Gasteiger partial charge in [0.05, 0.1) is 17.8 Å². The van der Waals surface area contributed by atoms with Gasteiger partial charge in [-0.1, -0.05) is 12.1 Å². The lowest BCUT2D eigenvalue weighted by molar-refractivity contribution is -0.144. The van der Waals surface area contributed by atoms with Crippen LogP contribution < -0.4 is 0 Å². The standard InChI is InChI=1S/C16H18N2O3S/c1-10(16(20)21-4)18(3)15(19)13-7-5-6-12(8-13)14-9-22-11(2)17-14/h5-10H,1-4H3.